The van der Waals surface area contributed by atoms with Gasteiger partial charge in [0.2, 0.25) is 5.91 Å². The monoisotopic (exact) mass is 332 g/mol. The fourth-order valence-corrected chi connectivity index (χ4v) is 3.13. The van der Waals surface area contributed by atoms with Crippen LogP contribution in [0.25, 0.3) is 0 Å². The number of esters is 1. The van der Waals surface area contributed by atoms with E-state index in [0.717, 1.165) is 25.0 Å². The van der Waals surface area contributed by atoms with E-state index < -0.39 is 6.04 Å². The number of hydrogen-bond donors (Lipinski definition) is 1. The van der Waals surface area contributed by atoms with E-state index in [2.05, 4.69) is 5.32 Å². The lowest BCUT2D eigenvalue weighted by Crippen LogP contribution is -2.57. The molecule has 6 nitrogen and oxygen atoms in total. The van der Waals surface area contributed by atoms with Gasteiger partial charge in [-0.3, -0.25) is 9.59 Å². The first-order chi connectivity index (χ1) is 11.7. The van der Waals surface area contributed by atoms with Crippen LogP contribution in [0.3, 0.4) is 0 Å². The van der Waals surface area contributed by atoms with Gasteiger partial charge >= 0.3 is 5.97 Å². The molecule has 2 aliphatic rings. The second-order valence-electron chi connectivity index (χ2n) is 6.28. The molecule has 2 heterocycles. The van der Waals surface area contributed by atoms with Gasteiger partial charge in [0, 0.05) is 26.2 Å². The first-order valence-corrected chi connectivity index (χ1v) is 8.55. The van der Waals surface area contributed by atoms with E-state index in [-0.39, 0.29) is 31.0 Å². The smallest absolute Gasteiger partial charge is 0.308 e. The first-order valence-electron chi connectivity index (χ1n) is 8.55. The van der Waals surface area contributed by atoms with E-state index in [4.69, 9.17) is 9.47 Å². The number of benzene rings is 1. The molecule has 6 heteroatoms. The Labute approximate surface area is 142 Å². The van der Waals surface area contributed by atoms with Crippen molar-refractivity contribution in [2.75, 3.05) is 26.2 Å². The Morgan fingerprint density at radius 1 is 1.33 bits per heavy atom. The molecular weight excluding hydrogens is 308 g/mol. The summed E-state index contributed by atoms with van der Waals surface area (Å²) in [5, 5.41) is 3.12. The van der Waals surface area contributed by atoms with Crippen LogP contribution in [0.4, 0.5) is 0 Å². The Balaban J connectivity index is 1.46. The highest BCUT2D eigenvalue weighted by Gasteiger charge is 2.32. The van der Waals surface area contributed by atoms with Gasteiger partial charge in [0.1, 0.15) is 6.61 Å². The predicted octanol–water partition coefficient (Wildman–Crippen LogP) is 1.10. The molecule has 1 amide bonds. The van der Waals surface area contributed by atoms with Crippen molar-refractivity contribution in [2.45, 2.75) is 38.0 Å². The van der Waals surface area contributed by atoms with Crippen molar-refractivity contribution in [3.05, 3.63) is 35.9 Å². The number of nitrogens with zero attached hydrogens (tertiary/aromatic N) is 1. The second-order valence-corrected chi connectivity index (χ2v) is 6.28. The van der Waals surface area contributed by atoms with Crippen molar-refractivity contribution in [3.63, 3.8) is 0 Å². The second kappa shape index (κ2) is 8.26. The maximum atomic E-state index is 12.5. The van der Waals surface area contributed by atoms with E-state index in [1.807, 2.05) is 35.2 Å². The Morgan fingerprint density at radius 2 is 2.17 bits per heavy atom. The predicted molar refractivity (Wildman–Crippen MR) is 88.2 cm³/mol. The zero-order valence-corrected chi connectivity index (χ0v) is 13.8. The first kappa shape index (κ1) is 16.9. The minimum Gasteiger partial charge on any atom is -0.461 e. The lowest BCUT2D eigenvalue weighted by molar-refractivity contribution is -0.150. The zero-order chi connectivity index (χ0) is 16.8. The van der Waals surface area contributed by atoms with Crippen LogP contribution < -0.4 is 5.32 Å². The molecule has 1 N–H and O–H groups in total. The van der Waals surface area contributed by atoms with Gasteiger partial charge in [-0.2, -0.15) is 0 Å². The fraction of sp³-hybridized carbons (Fsp3) is 0.556. The summed E-state index contributed by atoms with van der Waals surface area (Å²) in [4.78, 5) is 26.4. The van der Waals surface area contributed by atoms with Gasteiger partial charge in [0.05, 0.1) is 18.6 Å². The Kier molecular flexibility index (Phi) is 5.82. The third-order valence-electron chi connectivity index (χ3n) is 4.44. The van der Waals surface area contributed by atoms with Crippen LogP contribution in [-0.4, -0.2) is 55.2 Å². The van der Waals surface area contributed by atoms with Crippen molar-refractivity contribution in [2.24, 2.45) is 0 Å². The lowest BCUT2D eigenvalue weighted by Gasteiger charge is -2.34. The van der Waals surface area contributed by atoms with E-state index >= 15 is 0 Å². The van der Waals surface area contributed by atoms with Crippen LogP contribution in [0.5, 0.6) is 0 Å². The molecular formula is C18H24N2O4. The van der Waals surface area contributed by atoms with Crippen LogP contribution >= 0.6 is 0 Å². The number of carbonyl (C=O) groups is 2. The molecule has 1 aromatic carbocycles. The topological polar surface area (TPSA) is 67.9 Å². The van der Waals surface area contributed by atoms with E-state index in [1.165, 1.54) is 0 Å². The van der Waals surface area contributed by atoms with Crippen molar-refractivity contribution in [1.82, 2.24) is 10.2 Å². The van der Waals surface area contributed by atoms with Crippen LogP contribution in [-0.2, 0) is 25.7 Å². The molecule has 0 spiro atoms. The molecule has 0 aromatic heterocycles. The Hall–Kier alpha value is -1.92. The molecule has 0 bridgehead atoms. The molecule has 0 saturated carbocycles. The van der Waals surface area contributed by atoms with Crippen LogP contribution in [0.15, 0.2) is 30.3 Å². The number of amides is 1. The molecule has 2 fully saturated rings. The number of nitrogens with one attached hydrogen (secondary N) is 1. The highest BCUT2D eigenvalue weighted by atomic mass is 16.5. The average molecular weight is 332 g/mol. The van der Waals surface area contributed by atoms with Crippen LogP contribution in [0, 0.1) is 0 Å². The maximum absolute atomic E-state index is 12.5. The molecule has 1 aromatic rings. The summed E-state index contributed by atoms with van der Waals surface area (Å²) in [5.41, 5.74) is 0.939. The summed E-state index contributed by atoms with van der Waals surface area (Å²) >= 11 is 0. The van der Waals surface area contributed by atoms with E-state index in [9.17, 15) is 9.59 Å². The fourth-order valence-electron chi connectivity index (χ4n) is 3.13. The largest absolute Gasteiger partial charge is 0.461 e. The number of carbonyl (C=O) groups excluding carboxylic acids is 2. The van der Waals surface area contributed by atoms with Gasteiger partial charge in [-0.15, -0.1) is 0 Å². The highest BCUT2D eigenvalue weighted by Crippen LogP contribution is 2.15. The maximum Gasteiger partial charge on any atom is 0.308 e. The normalized spacial score (nSPS) is 24.2. The summed E-state index contributed by atoms with van der Waals surface area (Å²) in [6, 6.07) is 9.03. The SMILES string of the molecule is O=C(CC1NCCN(CC2CCCO2)C1=O)OCc1ccccc1. The van der Waals surface area contributed by atoms with Gasteiger partial charge in [-0.05, 0) is 18.4 Å². The quantitative estimate of drug-likeness (QED) is 0.790. The van der Waals surface area contributed by atoms with Crippen molar-refractivity contribution >= 4 is 11.9 Å². The van der Waals surface area contributed by atoms with Crippen LogP contribution in [0.2, 0.25) is 0 Å². The standard InChI is InChI=1S/C18H24N2O4/c21-17(24-13-14-5-2-1-3-6-14)11-16-18(22)20(9-8-19-16)12-15-7-4-10-23-15/h1-3,5-6,15-16,19H,4,7-13H2. The van der Waals surface area contributed by atoms with Gasteiger partial charge in [0.25, 0.3) is 0 Å². The third kappa shape index (κ3) is 4.55. The van der Waals surface area contributed by atoms with E-state index in [1.54, 1.807) is 0 Å². The van der Waals surface area contributed by atoms with Gasteiger partial charge < -0.3 is 19.7 Å². The van der Waals surface area contributed by atoms with Crippen molar-refractivity contribution in [3.8, 4) is 0 Å². The number of hydrogen-bond acceptors (Lipinski definition) is 5. The molecule has 2 aliphatic heterocycles. The molecule has 0 radical (unpaired) electrons. The summed E-state index contributed by atoms with van der Waals surface area (Å²) in [7, 11) is 0. The van der Waals surface area contributed by atoms with Gasteiger partial charge in [-0.1, -0.05) is 30.3 Å². The minimum atomic E-state index is -0.497. The highest BCUT2D eigenvalue weighted by molar-refractivity contribution is 5.87. The summed E-state index contributed by atoms with van der Waals surface area (Å²) < 4.78 is 10.9. The molecule has 2 atom stereocenters. The van der Waals surface area contributed by atoms with Crippen LogP contribution in [0.1, 0.15) is 24.8 Å². The third-order valence-corrected chi connectivity index (χ3v) is 4.44. The van der Waals surface area contributed by atoms with Crippen molar-refractivity contribution < 1.29 is 19.1 Å². The molecule has 130 valence electrons. The average Bonchev–Trinajstić information content (AvgIpc) is 3.11. The zero-order valence-electron chi connectivity index (χ0n) is 13.8. The number of piperazine rings is 1. The van der Waals surface area contributed by atoms with E-state index in [0.29, 0.717) is 19.6 Å². The minimum absolute atomic E-state index is 0.0339. The number of ether oxygens (including phenoxy) is 2. The number of rotatable bonds is 6. The summed E-state index contributed by atoms with van der Waals surface area (Å²) in [6.07, 6.45) is 2.26. The van der Waals surface area contributed by atoms with Gasteiger partial charge in [-0.25, -0.2) is 0 Å². The molecule has 3 rings (SSSR count). The van der Waals surface area contributed by atoms with Gasteiger partial charge in [0.15, 0.2) is 0 Å². The molecule has 2 unspecified atom stereocenters. The summed E-state index contributed by atoms with van der Waals surface area (Å²) in [6.45, 7) is 2.99. The van der Waals surface area contributed by atoms with Crippen molar-refractivity contribution in [1.29, 1.82) is 0 Å². The summed E-state index contributed by atoms with van der Waals surface area (Å²) in [5.74, 6) is -0.392. The molecule has 0 aliphatic carbocycles. The molecule has 24 heavy (non-hydrogen) atoms. The lowest BCUT2D eigenvalue weighted by atomic mass is 10.1. The Morgan fingerprint density at radius 3 is 2.92 bits per heavy atom. The molecule has 2 saturated heterocycles. The Bertz CT molecular complexity index is 557.